The predicted molar refractivity (Wildman–Crippen MR) is 75.6 cm³/mol. The van der Waals surface area contributed by atoms with Gasteiger partial charge in [-0.25, -0.2) is 0 Å². The third-order valence-corrected chi connectivity index (χ3v) is 3.77. The van der Waals surface area contributed by atoms with Gasteiger partial charge in [-0.05, 0) is 30.1 Å². The van der Waals surface area contributed by atoms with E-state index in [2.05, 4.69) is 15.9 Å². The van der Waals surface area contributed by atoms with Crippen molar-refractivity contribution >= 4 is 28.9 Å². The molecule has 0 saturated heterocycles. The summed E-state index contributed by atoms with van der Waals surface area (Å²) in [6.07, 6.45) is -0.814. The fourth-order valence-electron chi connectivity index (χ4n) is 1.84. The molecule has 103 valence electrons. The van der Waals surface area contributed by atoms with Crippen LogP contribution in [0, 0.1) is 0 Å². The highest BCUT2D eigenvalue weighted by Crippen LogP contribution is 2.28. The molecule has 7 heteroatoms. The van der Waals surface area contributed by atoms with E-state index < -0.39 is 11.7 Å². The second-order valence-electron chi connectivity index (χ2n) is 4.76. The van der Waals surface area contributed by atoms with Crippen LogP contribution in [0.4, 0.5) is 0 Å². The lowest BCUT2D eigenvalue weighted by Crippen LogP contribution is -2.40. The van der Waals surface area contributed by atoms with Crippen molar-refractivity contribution in [1.82, 2.24) is 0 Å². The lowest BCUT2D eigenvalue weighted by molar-refractivity contribution is -0.00426. The van der Waals surface area contributed by atoms with E-state index in [1.165, 1.54) is 7.48 Å². The molecule has 0 spiro atoms. The van der Waals surface area contributed by atoms with Crippen molar-refractivity contribution in [1.29, 1.82) is 0 Å². The van der Waals surface area contributed by atoms with Gasteiger partial charge < -0.3 is 25.3 Å². The first-order valence-electron chi connectivity index (χ1n) is 5.96. The van der Waals surface area contributed by atoms with Gasteiger partial charge in [0.15, 0.2) is 0 Å². The maximum atomic E-state index is 10.0. The molecule has 1 aliphatic rings. The van der Waals surface area contributed by atoms with Gasteiger partial charge in [0.05, 0.1) is 12.7 Å². The number of nitrogens with two attached hydrogens (primary N) is 1. The predicted octanol–water partition coefficient (Wildman–Crippen LogP) is -0.154. The Balaban J connectivity index is 2.41. The minimum atomic E-state index is -0.814. The molecular weight excluding hydrogens is 313 g/mol. The van der Waals surface area contributed by atoms with Gasteiger partial charge in [-0.3, -0.25) is 0 Å². The Morgan fingerprint density at radius 1 is 1.58 bits per heavy atom. The zero-order valence-corrected chi connectivity index (χ0v) is 12.2. The summed E-state index contributed by atoms with van der Waals surface area (Å²) < 4.78 is 12.0. The van der Waals surface area contributed by atoms with Crippen molar-refractivity contribution in [2.24, 2.45) is 5.73 Å². The molecular formula is C12H16BBrNO4. The Bertz CT molecular complexity index is 473. The highest BCUT2D eigenvalue weighted by molar-refractivity contribution is 9.10. The van der Waals surface area contributed by atoms with Crippen LogP contribution in [0.15, 0.2) is 16.6 Å². The van der Waals surface area contributed by atoms with Crippen LogP contribution < -0.4 is 15.9 Å². The second-order valence-corrected chi connectivity index (χ2v) is 5.61. The molecule has 2 rings (SSSR count). The first-order valence-corrected chi connectivity index (χ1v) is 6.75. The molecule has 5 nitrogen and oxygen atoms in total. The average Bonchev–Trinajstić information content (AvgIpc) is 2.59. The van der Waals surface area contributed by atoms with E-state index >= 15 is 0 Å². The zero-order valence-electron chi connectivity index (χ0n) is 10.6. The van der Waals surface area contributed by atoms with Crippen molar-refractivity contribution in [2.75, 3.05) is 19.8 Å². The normalized spacial score (nSPS) is 23.8. The minimum Gasteiger partial charge on any atom is -0.491 e. The Labute approximate surface area is 121 Å². The van der Waals surface area contributed by atoms with Gasteiger partial charge in [-0.2, -0.15) is 0 Å². The van der Waals surface area contributed by atoms with Crippen molar-refractivity contribution in [3.05, 3.63) is 22.2 Å². The number of aliphatic hydroxyl groups is 2. The van der Waals surface area contributed by atoms with Crippen LogP contribution in [-0.2, 0) is 4.65 Å². The molecule has 0 aliphatic carbocycles. The summed E-state index contributed by atoms with van der Waals surface area (Å²) in [5.74, 6) is 0.600. The van der Waals surface area contributed by atoms with Gasteiger partial charge in [0.25, 0.3) is 0 Å². The van der Waals surface area contributed by atoms with Gasteiger partial charge in [0, 0.05) is 11.0 Å². The van der Waals surface area contributed by atoms with Gasteiger partial charge in [-0.1, -0.05) is 15.9 Å². The Morgan fingerprint density at radius 3 is 2.95 bits per heavy atom. The highest BCUT2D eigenvalue weighted by Gasteiger charge is 2.32. The van der Waals surface area contributed by atoms with E-state index in [1.54, 1.807) is 19.1 Å². The summed E-state index contributed by atoms with van der Waals surface area (Å²) in [7, 11) is 1.51. The molecule has 1 aliphatic heterocycles. The summed E-state index contributed by atoms with van der Waals surface area (Å²) in [6.45, 7) is 1.92. The summed E-state index contributed by atoms with van der Waals surface area (Å²) in [4.78, 5) is 0. The van der Waals surface area contributed by atoms with E-state index in [-0.39, 0.29) is 19.8 Å². The SMILES string of the molecule is C[C@]1(CO)COc2ccc(Br)c(C(O)CN)c2[B]O1. The number of benzene rings is 1. The van der Waals surface area contributed by atoms with Crippen LogP contribution in [0.25, 0.3) is 0 Å². The number of ether oxygens (including phenoxy) is 1. The van der Waals surface area contributed by atoms with Crippen LogP contribution >= 0.6 is 15.9 Å². The van der Waals surface area contributed by atoms with Crippen LogP contribution in [0.1, 0.15) is 18.6 Å². The fraction of sp³-hybridized carbons (Fsp3) is 0.500. The van der Waals surface area contributed by atoms with Crippen LogP contribution in [0.2, 0.25) is 0 Å². The first kappa shape index (κ1) is 14.8. The van der Waals surface area contributed by atoms with E-state index in [4.69, 9.17) is 15.1 Å². The molecule has 19 heavy (non-hydrogen) atoms. The van der Waals surface area contributed by atoms with Crippen molar-refractivity contribution in [3.8, 4) is 5.75 Å². The minimum absolute atomic E-state index is 0.0974. The van der Waals surface area contributed by atoms with Gasteiger partial charge in [-0.15, -0.1) is 0 Å². The van der Waals surface area contributed by atoms with Crippen LogP contribution in [0.5, 0.6) is 5.75 Å². The van der Waals surface area contributed by atoms with E-state index in [0.717, 1.165) is 4.47 Å². The van der Waals surface area contributed by atoms with Gasteiger partial charge in [0.1, 0.15) is 18.0 Å². The topological polar surface area (TPSA) is 84.9 Å². The lowest BCUT2D eigenvalue weighted by Gasteiger charge is -2.25. The summed E-state index contributed by atoms with van der Waals surface area (Å²) >= 11 is 3.39. The van der Waals surface area contributed by atoms with E-state index in [9.17, 15) is 10.2 Å². The quantitative estimate of drug-likeness (QED) is 0.672. The molecule has 1 heterocycles. The maximum Gasteiger partial charge on any atom is 0.335 e. The van der Waals surface area contributed by atoms with Crippen molar-refractivity contribution in [2.45, 2.75) is 18.6 Å². The molecule has 0 bridgehead atoms. The number of hydrogen-bond donors (Lipinski definition) is 3. The lowest BCUT2D eigenvalue weighted by atomic mass is 9.80. The van der Waals surface area contributed by atoms with E-state index in [0.29, 0.717) is 16.8 Å². The summed E-state index contributed by atoms with van der Waals surface area (Å²) in [6, 6.07) is 3.58. The molecule has 0 aromatic heterocycles. The second kappa shape index (κ2) is 5.81. The molecule has 1 aromatic carbocycles. The molecule has 1 unspecified atom stereocenters. The third-order valence-electron chi connectivity index (χ3n) is 3.08. The summed E-state index contributed by atoms with van der Waals surface area (Å²) in [5, 5.41) is 19.3. The number of hydrogen-bond acceptors (Lipinski definition) is 5. The summed E-state index contributed by atoms with van der Waals surface area (Å²) in [5.41, 5.74) is 5.99. The van der Waals surface area contributed by atoms with Crippen LogP contribution in [0.3, 0.4) is 0 Å². The highest BCUT2D eigenvalue weighted by atomic mass is 79.9. The van der Waals surface area contributed by atoms with E-state index in [1.807, 2.05) is 0 Å². The molecule has 1 radical (unpaired) electrons. The van der Waals surface area contributed by atoms with Crippen molar-refractivity contribution < 1.29 is 19.6 Å². The van der Waals surface area contributed by atoms with Crippen LogP contribution in [-0.4, -0.2) is 43.1 Å². The molecule has 2 atom stereocenters. The molecule has 0 amide bonds. The maximum absolute atomic E-state index is 10.0. The Kier molecular flexibility index (Phi) is 4.52. The largest absolute Gasteiger partial charge is 0.491 e. The monoisotopic (exact) mass is 328 g/mol. The smallest absolute Gasteiger partial charge is 0.335 e. The molecule has 4 N–H and O–H groups in total. The van der Waals surface area contributed by atoms with Gasteiger partial charge >= 0.3 is 7.48 Å². The fourth-order valence-corrected chi connectivity index (χ4v) is 2.45. The van der Waals surface area contributed by atoms with Crippen molar-refractivity contribution in [3.63, 3.8) is 0 Å². The zero-order chi connectivity index (χ0) is 14.0. The first-order chi connectivity index (χ1) is 9.00. The number of halogens is 1. The molecule has 0 saturated carbocycles. The Morgan fingerprint density at radius 2 is 2.32 bits per heavy atom. The standard InChI is InChI=1S/C12H16BBrNO4/c1-12(5-16)6-18-9-3-2-7(14)10(8(17)4-15)11(9)13-19-12/h2-3,8,16-17H,4-6,15H2,1H3/t8?,12-/m0/s1. The molecule has 0 fully saturated rings. The third kappa shape index (κ3) is 2.95. The Hall–Kier alpha value is -0.595. The van der Waals surface area contributed by atoms with Gasteiger partial charge in [0.2, 0.25) is 0 Å². The number of rotatable bonds is 3. The average molecular weight is 329 g/mol. The number of aliphatic hydroxyl groups excluding tert-OH is 2. The number of fused-ring (bicyclic) bond motifs is 1. The molecule has 1 aromatic rings.